The van der Waals surface area contributed by atoms with Gasteiger partial charge in [0.05, 0.1) is 13.2 Å². The van der Waals surface area contributed by atoms with E-state index < -0.39 is 0 Å². The maximum absolute atomic E-state index is 5.48. The molecule has 0 radical (unpaired) electrons. The number of nitrogens with zero attached hydrogens (tertiary/aromatic N) is 5. The van der Waals surface area contributed by atoms with Crippen LogP contribution in [0.2, 0.25) is 0 Å². The Balaban J connectivity index is 1.94. The zero-order valence-corrected chi connectivity index (χ0v) is 18.1. The molecule has 2 rings (SSSR count). The number of guanidine groups is 1. The van der Waals surface area contributed by atoms with Crippen LogP contribution in [0.3, 0.4) is 0 Å². The van der Waals surface area contributed by atoms with Crippen molar-refractivity contribution < 1.29 is 9.47 Å². The minimum absolute atomic E-state index is 0.0128. The summed E-state index contributed by atoms with van der Waals surface area (Å²) >= 11 is 0. The summed E-state index contributed by atoms with van der Waals surface area (Å²) in [6.45, 7) is 15.6. The van der Waals surface area contributed by atoms with Gasteiger partial charge in [0.25, 0.3) is 0 Å². The van der Waals surface area contributed by atoms with E-state index in [4.69, 9.17) is 14.5 Å². The van der Waals surface area contributed by atoms with E-state index in [1.165, 1.54) is 0 Å². The van der Waals surface area contributed by atoms with Gasteiger partial charge in [0.15, 0.2) is 11.8 Å². The molecule has 2 heterocycles. The molecule has 1 saturated heterocycles. The molecule has 1 aliphatic heterocycles. The van der Waals surface area contributed by atoms with Gasteiger partial charge in [-0.2, -0.15) is 0 Å². The minimum atomic E-state index is 0.0128. The summed E-state index contributed by atoms with van der Waals surface area (Å²) in [4.78, 5) is 7.18. The molecule has 0 spiro atoms. The summed E-state index contributed by atoms with van der Waals surface area (Å²) in [5, 5.41) is 15.2. The highest BCUT2D eigenvalue weighted by atomic mass is 16.5. The van der Waals surface area contributed by atoms with Gasteiger partial charge in [0.1, 0.15) is 12.4 Å². The van der Waals surface area contributed by atoms with Crippen molar-refractivity contribution in [2.75, 3.05) is 52.6 Å². The Kier molecular flexibility index (Phi) is 9.14. The van der Waals surface area contributed by atoms with Crippen LogP contribution in [0.15, 0.2) is 4.99 Å². The molecule has 2 N–H and O–H groups in total. The van der Waals surface area contributed by atoms with Gasteiger partial charge in [0.2, 0.25) is 0 Å². The van der Waals surface area contributed by atoms with Gasteiger partial charge in [-0.1, -0.05) is 0 Å². The number of aliphatic imine (C=N–C) groups is 1. The van der Waals surface area contributed by atoms with E-state index in [0.717, 1.165) is 76.6 Å². The Morgan fingerprint density at radius 1 is 1.25 bits per heavy atom. The fourth-order valence-corrected chi connectivity index (χ4v) is 3.02. The van der Waals surface area contributed by atoms with Crippen molar-refractivity contribution in [1.29, 1.82) is 0 Å². The standard InChI is InChI=1S/C19H37N7O2/c1-6-27-11-7-8-20-18(21-14-17-24-23-16(2)25(17)5)22-15-19(3,4)26-9-12-28-13-10-26/h6-15H2,1-5H3,(H2,20,21,22). The topological polar surface area (TPSA) is 88.8 Å². The van der Waals surface area contributed by atoms with E-state index in [1.807, 2.05) is 25.5 Å². The van der Waals surface area contributed by atoms with Crippen LogP contribution in [-0.2, 0) is 23.1 Å². The van der Waals surface area contributed by atoms with Crippen LogP contribution in [0, 0.1) is 6.92 Å². The zero-order chi connectivity index (χ0) is 20.4. The van der Waals surface area contributed by atoms with Gasteiger partial charge < -0.3 is 24.7 Å². The molecule has 0 aromatic carbocycles. The molecule has 0 amide bonds. The Labute approximate surface area is 168 Å². The van der Waals surface area contributed by atoms with Crippen molar-refractivity contribution >= 4 is 5.96 Å². The van der Waals surface area contributed by atoms with Gasteiger partial charge in [-0.25, -0.2) is 4.99 Å². The predicted octanol–water partition coefficient (Wildman–Crippen LogP) is 0.696. The van der Waals surface area contributed by atoms with Crippen molar-refractivity contribution in [2.24, 2.45) is 12.0 Å². The molecule has 1 aromatic heterocycles. The lowest BCUT2D eigenvalue weighted by molar-refractivity contribution is -0.00834. The first-order chi connectivity index (χ1) is 13.4. The lowest BCUT2D eigenvalue weighted by atomic mass is 10.0. The number of aromatic nitrogens is 3. The van der Waals surface area contributed by atoms with E-state index in [9.17, 15) is 0 Å². The van der Waals surface area contributed by atoms with Crippen molar-refractivity contribution in [3.63, 3.8) is 0 Å². The van der Waals surface area contributed by atoms with Gasteiger partial charge in [-0.05, 0) is 34.1 Å². The van der Waals surface area contributed by atoms with Crippen LogP contribution in [0.4, 0.5) is 0 Å². The molecule has 0 bridgehead atoms. The van der Waals surface area contributed by atoms with Gasteiger partial charge >= 0.3 is 0 Å². The van der Waals surface area contributed by atoms with Crippen molar-refractivity contribution in [3.8, 4) is 0 Å². The second-order valence-electron chi connectivity index (χ2n) is 7.63. The number of morpholine rings is 1. The third-order valence-corrected chi connectivity index (χ3v) is 5.08. The Hall–Kier alpha value is -1.71. The quantitative estimate of drug-likeness (QED) is 0.342. The third kappa shape index (κ3) is 7.03. The van der Waals surface area contributed by atoms with Crippen molar-refractivity contribution in [3.05, 3.63) is 11.6 Å². The van der Waals surface area contributed by atoms with Crippen LogP contribution in [0.5, 0.6) is 0 Å². The number of nitrogens with one attached hydrogen (secondary N) is 2. The lowest BCUT2D eigenvalue weighted by Crippen LogP contribution is -2.56. The molecule has 9 heteroatoms. The lowest BCUT2D eigenvalue weighted by Gasteiger charge is -2.41. The van der Waals surface area contributed by atoms with Crippen molar-refractivity contribution in [1.82, 2.24) is 30.3 Å². The van der Waals surface area contributed by atoms with E-state index in [1.54, 1.807) is 0 Å². The second-order valence-corrected chi connectivity index (χ2v) is 7.63. The molecule has 1 aliphatic rings. The molecule has 0 aliphatic carbocycles. The van der Waals surface area contributed by atoms with Crippen LogP contribution in [0.1, 0.15) is 38.8 Å². The van der Waals surface area contributed by atoms with Crippen molar-refractivity contribution in [2.45, 2.75) is 46.2 Å². The Bertz CT molecular complexity index is 609. The molecule has 28 heavy (non-hydrogen) atoms. The van der Waals surface area contributed by atoms with E-state index in [2.05, 4.69) is 39.6 Å². The highest BCUT2D eigenvalue weighted by Gasteiger charge is 2.28. The minimum Gasteiger partial charge on any atom is -0.382 e. The number of hydrogen-bond acceptors (Lipinski definition) is 6. The molecule has 160 valence electrons. The summed E-state index contributed by atoms with van der Waals surface area (Å²) in [7, 11) is 1.96. The Morgan fingerprint density at radius 3 is 2.64 bits per heavy atom. The fraction of sp³-hybridized carbons (Fsp3) is 0.842. The number of aryl methyl sites for hydroxylation is 1. The molecular weight excluding hydrogens is 358 g/mol. The van der Waals surface area contributed by atoms with Crippen LogP contribution in [-0.4, -0.2) is 83.8 Å². The summed E-state index contributed by atoms with van der Waals surface area (Å²) in [6.07, 6.45) is 0.935. The predicted molar refractivity (Wildman–Crippen MR) is 110 cm³/mol. The normalized spacial score (nSPS) is 16.4. The van der Waals surface area contributed by atoms with Crippen LogP contribution < -0.4 is 10.6 Å². The molecule has 0 saturated carbocycles. The summed E-state index contributed by atoms with van der Waals surface area (Å²) in [5.41, 5.74) is 0.0128. The largest absolute Gasteiger partial charge is 0.382 e. The maximum atomic E-state index is 5.48. The Morgan fingerprint density at radius 2 is 2.00 bits per heavy atom. The molecule has 0 atom stereocenters. The molecular formula is C19H37N7O2. The number of rotatable bonds is 10. The average molecular weight is 396 g/mol. The first kappa shape index (κ1) is 22.6. The second kappa shape index (κ2) is 11.3. The smallest absolute Gasteiger partial charge is 0.191 e. The number of ether oxygens (including phenoxy) is 2. The fourth-order valence-electron chi connectivity index (χ4n) is 3.02. The zero-order valence-electron chi connectivity index (χ0n) is 18.1. The SMILES string of the molecule is CCOCCCNC(=NCc1nnc(C)n1C)NCC(C)(C)N1CCOCC1. The molecule has 0 unspecified atom stereocenters. The van der Waals surface area contributed by atoms with E-state index in [-0.39, 0.29) is 5.54 Å². The molecule has 9 nitrogen and oxygen atoms in total. The summed E-state index contributed by atoms with van der Waals surface area (Å²) in [6, 6.07) is 0. The van der Waals surface area contributed by atoms with E-state index in [0.29, 0.717) is 6.54 Å². The monoisotopic (exact) mass is 395 g/mol. The molecule has 1 aromatic rings. The first-order valence-corrected chi connectivity index (χ1v) is 10.2. The average Bonchev–Trinajstić information content (AvgIpc) is 3.02. The van der Waals surface area contributed by atoms with Gasteiger partial charge in [-0.15, -0.1) is 10.2 Å². The van der Waals surface area contributed by atoms with Crippen LogP contribution >= 0.6 is 0 Å². The highest BCUT2D eigenvalue weighted by molar-refractivity contribution is 5.79. The van der Waals surface area contributed by atoms with Crippen LogP contribution in [0.25, 0.3) is 0 Å². The first-order valence-electron chi connectivity index (χ1n) is 10.2. The summed E-state index contributed by atoms with van der Waals surface area (Å²) < 4.78 is 12.9. The number of hydrogen-bond donors (Lipinski definition) is 2. The molecule has 1 fully saturated rings. The van der Waals surface area contributed by atoms with Gasteiger partial charge in [0, 0.05) is 52.0 Å². The third-order valence-electron chi connectivity index (χ3n) is 5.08. The van der Waals surface area contributed by atoms with E-state index >= 15 is 0 Å². The summed E-state index contributed by atoms with van der Waals surface area (Å²) in [5.74, 6) is 2.52. The van der Waals surface area contributed by atoms with Gasteiger partial charge in [-0.3, -0.25) is 4.90 Å². The highest BCUT2D eigenvalue weighted by Crippen LogP contribution is 2.15. The maximum Gasteiger partial charge on any atom is 0.191 e.